The Hall–Kier alpha value is -2.07. The van der Waals surface area contributed by atoms with Gasteiger partial charge in [0.15, 0.2) is 5.78 Å². The third-order valence-electron chi connectivity index (χ3n) is 2.98. The molecule has 0 aliphatic heterocycles. The molecule has 2 aromatic rings. The van der Waals surface area contributed by atoms with E-state index >= 15 is 0 Å². The van der Waals surface area contributed by atoms with Crippen molar-refractivity contribution in [3.05, 3.63) is 70.3 Å². The molecule has 0 bridgehead atoms. The van der Waals surface area contributed by atoms with Crippen LogP contribution in [0.4, 0.5) is 5.69 Å². The Labute approximate surface area is 139 Å². The molecule has 0 fully saturated rings. The second kappa shape index (κ2) is 7.80. The molecule has 22 heavy (non-hydrogen) atoms. The molecular weight excluding hydrogens is 342 g/mol. The molecular formula is C18H18BrNO2. The SMILES string of the molecule is CCOc1ccc(NC(C)=CC(=O)c2ccc(Br)cc2)cc1. The molecule has 0 heterocycles. The minimum atomic E-state index is -0.0246. The number of hydrogen-bond donors (Lipinski definition) is 1. The van der Waals surface area contributed by atoms with Crippen LogP contribution < -0.4 is 10.1 Å². The van der Waals surface area contributed by atoms with E-state index < -0.39 is 0 Å². The van der Waals surface area contributed by atoms with Crippen LogP contribution in [0.2, 0.25) is 0 Å². The van der Waals surface area contributed by atoms with Crippen LogP contribution in [-0.2, 0) is 0 Å². The number of rotatable bonds is 6. The summed E-state index contributed by atoms with van der Waals surface area (Å²) in [6.45, 7) is 4.47. The smallest absolute Gasteiger partial charge is 0.187 e. The zero-order chi connectivity index (χ0) is 15.9. The lowest BCUT2D eigenvalue weighted by Crippen LogP contribution is -2.01. The molecule has 3 nitrogen and oxygen atoms in total. The molecule has 0 spiro atoms. The third kappa shape index (κ3) is 4.74. The van der Waals surface area contributed by atoms with Crippen LogP contribution in [-0.4, -0.2) is 12.4 Å². The van der Waals surface area contributed by atoms with Crippen LogP contribution in [0.1, 0.15) is 24.2 Å². The number of hydrogen-bond acceptors (Lipinski definition) is 3. The van der Waals surface area contributed by atoms with Gasteiger partial charge in [0.05, 0.1) is 6.61 Å². The minimum absolute atomic E-state index is 0.0246. The van der Waals surface area contributed by atoms with Crippen LogP contribution in [0.3, 0.4) is 0 Å². The van der Waals surface area contributed by atoms with Crippen molar-refractivity contribution in [3.8, 4) is 5.75 Å². The molecule has 0 aliphatic rings. The van der Waals surface area contributed by atoms with Gasteiger partial charge in [-0.1, -0.05) is 15.9 Å². The Morgan fingerprint density at radius 2 is 1.77 bits per heavy atom. The summed E-state index contributed by atoms with van der Waals surface area (Å²) in [7, 11) is 0. The number of halogens is 1. The maximum atomic E-state index is 12.1. The van der Waals surface area contributed by atoms with Crippen molar-refractivity contribution >= 4 is 27.4 Å². The molecule has 0 aromatic heterocycles. The van der Waals surface area contributed by atoms with Gasteiger partial charge in [-0.15, -0.1) is 0 Å². The van der Waals surface area contributed by atoms with Crippen LogP contribution >= 0.6 is 15.9 Å². The predicted molar refractivity (Wildman–Crippen MR) is 93.5 cm³/mol. The summed E-state index contributed by atoms with van der Waals surface area (Å²) < 4.78 is 6.35. The van der Waals surface area contributed by atoms with Crippen molar-refractivity contribution in [3.63, 3.8) is 0 Å². The summed E-state index contributed by atoms with van der Waals surface area (Å²) >= 11 is 3.36. The molecule has 0 amide bonds. The maximum Gasteiger partial charge on any atom is 0.187 e. The Bertz CT molecular complexity index is 660. The normalized spacial score (nSPS) is 11.1. The highest BCUT2D eigenvalue weighted by Crippen LogP contribution is 2.17. The zero-order valence-corrected chi connectivity index (χ0v) is 14.2. The first-order chi connectivity index (χ1) is 10.6. The van der Waals surface area contributed by atoms with Gasteiger partial charge >= 0.3 is 0 Å². The van der Waals surface area contributed by atoms with Gasteiger partial charge < -0.3 is 10.1 Å². The molecule has 2 rings (SSSR count). The van der Waals surface area contributed by atoms with Crippen molar-refractivity contribution < 1.29 is 9.53 Å². The number of ketones is 1. The number of carbonyl (C=O) groups is 1. The summed E-state index contributed by atoms with van der Waals surface area (Å²) in [5, 5.41) is 3.20. The van der Waals surface area contributed by atoms with Gasteiger partial charge in [-0.05, 0) is 62.4 Å². The molecule has 0 saturated carbocycles. The van der Waals surface area contributed by atoms with Crippen molar-refractivity contribution in [2.75, 3.05) is 11.9 Å². The van der Waals surface area contributed by atoms with Crippen LogP contribution in [0, 0.1) is 0 Å². The second-order valence-electron chi connectivity index (χ2n) is 4.78. The van der Waals surface area contributed by atoms with Gasteiger partial charge in [-0.3, -0.25) is 4.79 Å². The number of carbonyl (C=O) groups excluding carboxylic acids is 1. The molecule has 0 radical (unpaired) electrons. The quantitative estimate of drug-likeness (QED) is 0.579. The largest absolute Gasteiger partial charge is 0.494 e. The first-order valence-electron chi connectivity index (χ1n) is 7.06. The molecule has 0 unspecified atom stereocenters. The summed E-state index contributed by atoms with van der Waals surface area (Å²) in [6.07, 6.45) is 1.60. The number of ether oxygens (including phenoxy) is 1. The van der Waals surface area contributed by atoms with Crippen LogP contribution in [0.15, 0.2) is 64.8 Å². The fourth-order valence-corrected chi connectivity index (χ4v) is 2.22. The van der Waals surface area contributed by atoms with E-state index in [0.29, 0.717) is 12.2 Å². The van der Waals surface area contributed by atoms with E-state index in [9.17, 15) is 4.79 Å². The minimum Gasteiger partial charge on any atom is -0.494 e. The molecule has 1 N–H and O–H groups in total. The highest BCUT2D eigenvalue weighted by molar-refractivity contribution is 9.10. The standard InChI is InChI=1S/C18H18BrNO2/c1-3-22-17-10-8-16(9-11-17)20-13(2)12-18(21)14-4-6-15(19)7-5-14/h4-12,20H,3H2,1-2H3. The number of nitrogens with one attached hydrogen (secondary N) is 1. The van der Waals surface area contributed by atoms with Crippen molar-refractivity contribution in [1.29, 1.82) is 0 Å². The van der Waals surface area contributed by atoms with E-state index in [0.717, 1.165) is 21.6 Å². The fourth-order valence-electron chi connectivity index (χ4n) is 1.96. The van der Waals surface area contributed by atoms with E-state index in [1.54, 1.807) is 18.2 Å². The van der Waals surface area contributed by atoms with E-state index in [4.69, 9.17) is 4.74 Å². The van der Waals surface area contributed by atoms with Gasteiger partial charge in [0.1, 0.15) is 5.75 Å². The summed E-state index contributed by atoms with van der Waals surface area (Å²) in [4.78, 5) is 12.1. The summed E-state index contributed by atoms with van der Waals surface area (Å²) in [5.41, 5.74) is 2.37. The molecule has 0 saturated heterocycles. The van der Waals surface area contributed by atoms with Gasteiger partial charge in [0.2, 0.25) is 0 Å². The maximum absolute atomic E-state index is 12.1. The number of anilines is 1. The molecule has 0 aliphatic carbocycles. The molecule has 114 valence electrons. The summed E-state index contributed by atoms with van der Waals surface area (Å²) in [6, 6.07) is 15.0. The fraction of sp³-hybridized carbons (Fsp3) is 0.167. The third-order valence-corrected chi connectivity index (χ3v) is 3.51. The Morgan fingerprint density at radius 3 is 2.36 bits per heavy atom. The average molecular weight is 360 g/mol. The van der Waals surface area contributed by atoms with Crippen LogP contribution in [0.5, 0.6) is 5.75 Å². The topological polar surface area (TPSA) is 38.3 Å². The van der Waals surface area contributed by atoms with Gasteiger partial charge in [-0.2, -0.15) is 0 Å². The average Bonchev–Trinajstić information content (AvgIpc) is 2.50. The molecule has 0 atom stereocenters. The molecule has 2 aromatic carbocycles. The Kier molecular flexibility index (Phi) is 5.78. The summed E-state index contributed by atoms with van der Waals surface area (Å²) in [5.74, 6) is 0.809. The lowest BCUT2D eigenvalue weighted by atomic mass is 10.1. The van der Waals surface area contributed by atoms with Crippen LogP contribution in [0.25, 0.3) is 0 Å². The predicted octanol–water partition coefficient (Wildman–Crippen LogP) is 5.05. The monoisotopic (exact) mass is 359 g/mol. The first kappa shape index (κ1) is 16.3. The second-order valence-corrected chi connectivity index (χ2v) is 5.70. The van der Waals surface area contributed by atoms with Gasteiger partial charge in [0.25, 0.3) is 0 Å². The van der Waals surface area contributed by atoms with E-state index in [1.807, 2.05) is 50.2 Å². The number of benzene rings is 2. The highest BCUT2D eigenvalue weighted by Gasteiger charge is 2.03. The first-order valence-corrected chi connectivity index (χ1v) is 7.86. The van der Waals surface area contributed by atoms with E-state index in [1.165, 1.54) is 0 Å². The molecule has 4 heteroatoms. The van der Waals surface area contributed by atoms with E-state index in [2.05, 4.69) is 21.2 Å². The zero-order valence-electron chi connectivity index (χ0n) is 12.6. The number of allylic oxidation sites excluding steroid dienone is 2. The van der Waals surface area contributed by atoms with Crippen molar-refractivity contribution in [2.24, 2.45) is 0 Å². The van der Waals surface area contributed by atoms with Gasteiger partial charge in [0, 0.05) is 27.5 Å². The highest BCUT2D eigenvalue weighted by atomic mass is 79.9. The Morgan fingerprint density at radius 1 is 1.14 bits per heavy atom. The van der Waals surface area contributed by atoms with E-state index in [-0.39, 0.29) is 5.78 Å². The Balaban J connectivity index is 2.02. The van der Waals surface area contributed by atoms with Gasteiger partial charge in [-0.25, -0.2) is 0 Å². The lowest BCUT2D eigenvalue weighted by Gasteiger charge is -2.08. The van der Waals surface area contributed by atoms with Crippen molar-refractivity contribution in [1.82, 2.24) is 0 Å². The lowest BCUT2D eigenvalue weighted by molar-refractivity contribution is 0.104. The van der Waals surface area contributed by atoms with Crippen molar-refractivity contribution in [2.45, 2.75) is 13.8 Å².